The van der Waals surface area contributed by atoms with E-state index >= 15 is 0 Å². The molecule has 0 bridgehead atoms. The first-order valence-electron chi connectivity index (χ1n) is 5.28. The molecule has 0 fully saturated rings. The van der Waals surface area contributed by atoms with E-state index in [1.807, 2.05) is 6.92 Å². The van der Waals surface area contributed by atoms with E-state index in [-0.39, 0.29) is 11.3 Å². The number of rotatable bonds is 5. The minimum absolute atomic E-state index is 0.0264. The normalized spacial score (nSPS) is 11.8. The summed E-state index contributed by atoms with van der Waals surface area (Å²) in [4.78, 5) is 14.8. The molecule has 0 aromatic carbocycles. The molecule has 0 aliphatic rings. The van der Waals surface area contributed by atoms with E-state index in [4.69, 9.17) is 5.11 Å². The quantitative estimate of drug-likeness (QED) is 0.806. The molecule has 0 amide bonds. The standard InChI is InChI=1S/C11H18N2O2S/c1-5-11(3,4)13-8(2)6-12-10(13)16-7-9(14)15/h6H,5,7H2,1-4H3,(H,14,15). The van der Waals surface area contributed by atoms with E-state index in [0.29, 0.717) is 0 Å². The monoisotopic (exact) mass is 242 g/mol. The Morgan fingerprint density at radius 1 is 1.62 bits per heavy atom. The third kappa shape index (κ3) is 2.78. The van der Waals surface area contributed by atoms with E-state index in [1.165, 1.54) is 11.8 Å². The highest BCUT2D eigenvalue weighted by molar-refractivity contribution is 7.99. The number of hydrogen-bond donors (Lipinski definition) is 1. The van der Waals surface area contributed by atoms with Crippen LogP contribution in [0, 0.1) is 6.92 Å². The van der Waals surface area contributed by atoms with Gasteiger partial charge in [0.1, 0.15) is 0 Å². The van der Waals surface area contributed by atoms with Crippen LogP contribution < -0.4 is 0 Å². The summed E-state index contributed by atoms with van der Waals surface area (Å²) in [5.41, 5.74) is 1.04. The molecular weight excluding hydrogens is 224 g/mol. The summed E-state index contributed by atoms with van der Waals surface area (Å²) in [6.07, 6.45) is 2.77. The Labute approximate surface area is 100 Å². The van der Waals surface area contributed by atoms with Crippen LogP contribution in [-0.2, 0) is 10.3 Å². The molecule has 0 aliphatic heterocycles. The minimum Gasteiger partial charge on any atom is -0.481 e. The molecule has 1 aromatic rings. The molecule has 16 heavy (non-hydrogen) atoms. The fourth-order valence-electron chi connectivity index (χ4n) is 1.54. The molecule has 0 unspecified atom stereocenters. The van der Waals surface area contributed by atoms with Crippen LogP contribution in [0.2, 0.25) is 0 Å². The van der Waals surface area contributed by atoms with Gasteiger partial charge in [0.15, 0.2) is 5.16 Å². The van der Waals surface area contributed by atoms with Crippen LogP contribution in [0.5, 0.6) is 0 Å². The van der Waals surface area contributed by atoms with Gasteiger partial charge >= 0.3 is 5.97 Å². The first-order valence-corrected chi connectivity index (χ1v) is 6.26. The van der Waals surface area contributed by atoms with Gasteiger partial charge in [0.05, 0.1) is 5.75 Å². The van der Waals surface area contributed by atoms with Crippen LogP contribution in [0.15, 0.2) is 11.4 Å². The van der Waals surface area contributed by atoms with Crippen LogP contribution in [0.25, 0.3) is 0 Å². The second-order valence-corrected chi connectivity index (χ2v) is 5.31. The molecular formula is C11H18N2O2S. The maximum absolute atomic E-state index is 10.6. The van der Waals surface area contributed by atoms with Gasteiger partial charge in [-0.25, -0.2) is 4.98 Å². The fraction of sp³-hybridized carbons (Fsp3) is 0.636. The van der Waals surface area contributed by atoms with E-state index in [1.54, 1.807) is 6.20 Å². The maximum atomic E-state index is 10.6. The molecule has 4 nitrogen and oxygen atoms in total. The van der Waals surface area contributed by atoms with Crippen molar-refractivity contribution in [1.82, 2.24) is 9.55 Å². The SMILES string of the molecule is CCC(C)(C)n1c(C)cnc1SCC(=O)O. The van der Waals surface area contributed by atoms with E-state index in [9.17, 15) is 4.79 Å². The van der Waals surface area contributed by atoms with Gasteiger partial charge in [-0.1, -0.05) is 18.7 Å². The Hall–Kier alpha value is -0.970. The Bertz CT molecular complexity index is 385. The van der Waals surface area contributed by atoms with Gasteiger partial charge < -0.3 is 9.67 Å². The summed E-state index contributed by atoms with van der Waals surface area (Å²) in [5.74, 6) is -0.762. The maximum Gasteiger partial charge on any atom is 0.313 e. The molecule has 5 heteroatoms. The van der Waals surface area contributed by atoms with Gasteiger partial charge in [-0.2, -0.15) is 0 Å². The molecule has 0 saturated carbocycles. The van der Waals surface area contributed by atoms with Crippen LogP contribution in [0.3, 0.4) is 0 Å². The molecule has 90 valence electrons. The summed E-state index contributed by atoms with van der Waals surface area (Å²) in [6, 6.07) is 0. The smallest absolute Gasteiger partial charge is 0.313 e. The fourth-order valence-corrected chi connectivity index (χ4v) is 2.44. The Morgan fingerprint density at radius 3 is 2.75 bits per heavy atom. The van der Waals surface area contributed by atoms with Crippen molar-refractivity contribution < 1.29 is 9.90 Å². The van der Waals surface area contributed by atoms with E-state index < -0.39 is 5.97 Å². The van der Waals surface area contributed by atoms with Crippen molar-refractivity contribution in [3.05, 3.63) is 11.9 Å². The van der Waals surface area contributed by atoms with Crippen molar-refractivity contribution in [3.8, 4) is 0 Å². The zero-order chi connectivity index (χ0) is 12.3. The molecule has 0 spiro atoms. The highest BCUT2D eigenvalue weighted by Gasteiger charge is 2.23. The Kier molecular flexibility index (Phi) is 4.02. The molecule has 1 rings (SSSR count). The number of nitrogens with zero attached hydrogens (tertiary/aromatic N) is 2. The molecule has 0 atom stereocenters. The van der Waals surface area contributed by atoms with E-state index in [0.717, 1.165) is 17.3 Å². The molecule has 0 radical (unpaired) electrons. The highest BCUT2D eigenvalue weighted by Crippen LogP contribution is 2.28. The van der Waals surface area contributed by atoms with Crippen LogP contribution in [-0.4, -0.2) is 26.4 Å². The molecule has 0 aliphatic carbocycles. The van der Waals surface area contributed by atoms with Crippen molar-refractivity contribution >= 4 is 17.7 Å². The number of thioether (sulfide) groups is 1. The van der Waals surface area contributed by atoms with E-state index in [2.05, 4.69) is 30.3 Å². The molecule has 0 saturated heterocycles. The van der Waals surface area contributed by atoms with Crippen molar-refractivity contribution in [2.75, 3.05) is 5.75 Å². The van der Waals surface area contributed by atoms with Crippen LogP contribution in [0.1, 0.15) is 32.9 Å². The lowest BCUT2D eigenvalue weighted by atomic mass is 10.0. The second-order valence-electron chi connectivity index (χ2n) is 4.37. The number of aryl methyl sites for hydroxylation is 1. The van der Waals surface area contributed by atoms with Gasteiger partial charge in [0.25, 0.3) is 0 Å². The van der Waals surface area contributed by atoms with Crippen molar-refractivity contribution in [2.45, 2.75) is 44.8 Å². The minimum atomic E-state index is -0.813. The highest BCUT2D eigenvalue weighted by atomic mass is 32.2. The summed E-state index contributed by atoms with van der Waals surface area (Å²) in [6.45, 7) is 8.37. The average molecular weight is 242 g/mol. The van der Waals surface area contributed by atoms with Gasteiger partial charge in [0, 0.05) is 17.4 Å². The lowest BCUT2D eigenvalue weighted by Crippen LogP contribution is -2.27. The van der Waals surface area contributed by atoms with Gasteiger partial charge in [-0.15, -0.1) is 0 Å². The predicted molar refractivity (Wildman–Crippen MR) is 64.9 cm³/mol. The largest absolute Gasteiger partial charge is 0.481 e. The molecule has 1 heterocycles. The Balaban J connectivity index is 2.98. The number of carbonyl (C=O) groups is 1. The number of carboxylic acid groups (broad SMARTS) is 1. The first kappa shape index (κ1) is 13.1. The van der Waals surface area contributed by atoms with Crippen molar-refractivity contribution in [3.63, 3.8) is 0 Å². The predicted octanol–water partition coefficient (Wildman–Crippen LogP) is 2.51. The topological polar surface area (TPSA) is 55.1 Å². The molecule has 1 aromatic heterocycles. The van der Waals surface area contributed by atoms with Gasteiger partial charge in [0.2, 0.25) is 0 Å². The Morgan fingerprint density at radius 2 is 2.25 bits per heavy atom. The zero-order valence-corrected chi connectivity index (χ0v) is 11.0. The number of hydrogen-bond acceptors (Lipinski definition) is 3. The lowest BCUT2D eigenvalue weighted by molar-refractivity contribution is -0.133. The summed E-state index contributed by atoms with van der Waals surface area (Å²) < 4.78 is 2.11. The number of aliphatic carboxylic acids is 1. The zero-order valence-electron chi connectivity index (χ0n) is 10.1. The molecule has 1 N–H and O–H groups in total. The van der Waals surface area contributed by atoms with Crippen LogP contribution >= 0.6 is 11.8 Å². The van der Waals surface area contributed by atoms with Crippen LogP contribution in [0.4, 0.5) is 0 Å². The van der Waals surface area contributed by atoms with Crippen molar-refractivity contribution in [2.24, 2.45) is 0 Å². The van der Waals surface area contributed by atoms with Crippen molar-refractivity contribution in [1.29, 1.82) is 0 Å². The number of aromatic nitrogens is 2. The lowest BCUT2D eigenvalue weighted by Gasteiger charge is -2.28. The number of imidazole rings is 1. The third-order valence-corrected chi connectivity index (χ3v) is 3.64. The summed E-state index contributed by atoms with van der Waals surface area (Å²) in [5, 5.41) is 9.46. The summed E-state index contributed by atoms with van der Waals surface area (Å²) >= 11 is 1.27. The first-order chi connectivity index (χ1) is 7.38. The van der Waals surface area contributed by atoms with Gasteiger partial charge in [-0.05, 0) is 27.2 Å². The van der Waals surface area contributed by atoms with Gasteiger partial charge in [-0.3, -0.25) is 4.79 Å². The average Bonchev–Trinajstić information content (AvgIpc) is 2.57. The number of carboxylic acids is 1. The third-order valence-electron chi connectivity index (χ3n) is 2.70. The second kappa shape index (κ2) is 4.91. The summed E-state index contributed by atoms with van der Waals surface area (Å²) in [7, 11) is 0.